The van der Waals surface area contributed by atoms with Crippen molar-refractivity contribution >= 4 is 32.8 Å². The van der Waals surface area contributed by atoms with Crippen LogP contribution in [0, 0.1) is 6.92 Å². The van der Waals surface area contributed by atoms with Crippen LogP contribution in [-0.2, 0) is 7.05 Å². The monoisotopic (exact) mass is 248 g/mol. The third kappa shape index (κ3) is 1.25. The maximum atomic E-state index is 4.69. The molecule has 0 fully saturated rings. The Morgan fingerprint density at radius 3 is 2.26 bits per heavy atom. The molecule has 0 saturated carbocycles. The van der Waals surface area contributed by atoms with Crippen molar-refractivity contribution in [1.29, 1.82) is 0 Å². The van der Waals surface area contributed by atoms with Crippen molar-refractivity contribution in [3.05, 3.63) is 42.5 Å². The molecule has 4 nitrogen and oxygen atoms in total. The molecule has 19 heavy (non-hydrogen) atoms. The number of aromatic nitrogens is 4. The van der Waals surface area contributed by atoms with Crippen molar-refractivity contribution < 1.29 is 0 Å². The van der Waals surface area contributed by atoms with E-state index in [-0.39, 0.29) is 0 Å². The molecule has 3 heterocycles. The first kappa shape index (κ1) is 10.4. The second-order valence-electron chi connectivity index (χ2n) is 4.71. The Balaban J connectivity index is 2.47. The van der Waals surface area contributed by atoms with E-state index < -0.39 is 0 Å². The zero-order chi connectivity index (χ0) is 13.0. The first-order valence-electron chi connectivity index (χ1n) is 6.22. The highest BCUT2D eigenvalue weighted by Gasteiger charge is 2.14. The molecule has 4 aromatic rings. The summed E-state index contributed by atoms with van der Waals surface area (Å²) >= 11 is 0. The average Bonchev–Trinajstić information content (AvgIpc) is 2.76. The minimum atomic E-state index is 0.920. The van der Waals surface area contributed by atoms with E-state index in [1.54, 1.807) is 6.20 Å². The molecule has 0 bridgehead atoms. The van der Waals surface area contributed by atoms with Gasteiger partial charge in [0.05, 0.1) is 22.1 Å². The van der Waals surface area contributed by atoms with E-state index in [9.17, 15) is 0 Å². The Morgan fingerprint density at radius 2 is 1.53 bits per heavy atom. The van der Waals surface area contributed by atoms with Gasteiger partial charge in [0.15, 0.2) is 0 Å². The number of benzene rings is 1. The maximum Gasteiger partial charge on any atom is 0.106 e. The molecule has 92 valence electrons. The molecule has 0 amide bonds. The highest BCUT2D eigenvalue weighted by Crippen LogP contribution is 2.32. The summed E-state index contributed by atoms with van der Waals surface area (Å²) in [6.07, 6.45) is 3.61. The fraction of sp³-hybridized carbons (Fsp3) is 0.133. The summed E-state index contributed by atoms with van der Waals surface area (Å²) in [5, 5.41) is 2.17. The highest BCUT2D eigenvalue weighted by atomic mass is 15.1. The Kier molecular flexibility index (Phi) is 1.93. The summed E-state index contributed by atoms with van der Waals surface area (Å²) < 4.78 is 2.12. The Hall–Kier alpha value is -2.49. The quantitative estimate of drug-likeness (QED) is 0.449. The fourth-order valence-corrected chi connectivity index (χ4v) is 2.68. The third-order valence-electron chi connectivity index (χ3n) is 3.67. The minimum Gasteiger partial charge on any atom is -0.331 e. The van der Waals surface area contributed by atoms with Gasteiger partial charge in [0.2, 0.25) is 0 Å². The summed E-state index contributed by atoms with van der Waals surface area (Å²) in [6, 6.07) is 8.05. The van der Waals surface area contributed by atoms with Crippen LogP contribution >= 0.6 is 0 Å². The molecule has 0 aliphatic heterocycles. The van der Waals surface area contributed by atoms with Gasteiger partial charge in [0.25, 0.3) is 0 Å². The van der Waals surface area contributed by atoms with Crippen molar-refractivity contribution in [2.24, 2.45) is 7.05 Å². The number of hydrogen-bond donors (Lipinski definition) is 0. The van der Waals surface area contributed by atoms with E-state index in [2.05, 4.69) is 31.7 Å². The SMILES string of the molecule is Cc1nc2c3cccnc3c3ncccc3c2n1C. The van der Waals surface area contributed by atoms with Crippen molar-refractivity contribution in [2.45, 2.75) is 6.92 Å². The molecule has 0 radical (unpaired) electrons. The van der Waals surface area contributed by atoms with Crippen LogP contribution in [0.25, 0.3) is 32.8 Å². The maximum absolute atomic E-state index is 4.69. The lowest BCUT2D eigenvalue weighted by Crippen LogP contribution is -1.92. The van der Waals surface area contributed by atoms with Gasteiger partial charge in [0, 0.05) is 30.2 Å². The van der Waals surface area contributed by atoms with Crippen molar-refractivity contribution in [3.8, 4) is 0 Å². The zero-order valence-corrected chi connectivity index (χ0v) is 10.8. The van der Waals surface area contributed by atoms with Gasteiger partial charge in [0.1, 0.15) is 5.82 Å². The van der Waals surface area contributed by atoms with Gasteiger partial charge in [-0.3, -0.25) is 9.97 Å². The number of aryl methyl sites for hydroxylation is 2. The first-order chi connectivity index (χ1) is 9.27. The topological polar surface area (TPSA) is 43.6 Å². The van der Waals surface area contributed by atoms with Gasteiger partial charge in [-0.2, -0.15) is 0 Å². The van der Waals surface area contributed by atoms with Crippen LogP contribution in [-0.4, -0.2) is 19.5 Å². The van der Waals surface area contributed by atoms with Gasteiger partial charge in [-0.25, -0.2) is 4.98 Å². The van der Waals surface area contributed by atoms with Crippen LogP contribution < -0.4 is 0 Å². The Morgan fingerprint density at radius 1 is 0.895 bits per heavy atom. The van der Waals surface area contributed by atoms with Crippen molar-refractivity contribution in [3.63, 3.8) is 0 Å². The van der Waals surface area contributed by atoms with Crippen LogP contribution in [0.2, 0.25) is 0 Å². The van der Waals surface area contributed by atoms with Crippen LogP contribution in [0.3, 0.4) is 0 Å². The van der Waals surface area contributed by atoms with Crippen molar-refractivity contribution in [1.82, 2.24) is 19.5 Å². The molecule has 0 spiro atoms. The predicted octanol–water partition coefficient (Wildman–Crippen LogP) is 2.98. The van der Waals surface area contributed by atoms with E-state index in [1.807, 2.05) is 32.3 Å². The van der Waals surface area contributed by atoms with Crippen LogP contribution in [0.5, 0.6) is 0 Å². The van der Waals surface area contributed by atoms with Gasteiger partial charge >= 0.3 is 0 Å². The Bertz CT molecular complexity index is 937. The van der Waals surface area contributed by atoms with E-state index in [1.165, 1.54) is 0 Å². The summed E-state index contributed by atoms with van der Waals surface area (Å²) in [4.78, 5) is 13.7. The first-order valence-corrected chi connectivity index (χ1v) is 6.22. The molecule has 0 aliphatic carbocycles. The normalized spacial score (nSPS) is 11.7. The second kappa shape index (κ2) is 3.51. The van der Waals surface area contributed by atoms with Crippen molar-refractivity contribution in [2.75, 3.05) is 0 Å². The fourth-order valence-electron chi connectivity index (χ4n) is 2.68. The molecule has 4 heteroatoms. The van der Waals surface area contributed by atoms with E-state index >= 15 is 0 Å². The van der Waals surface area contributed by atoms with Gasteiger partial charge in [-0.15, -0.1) is 0 Å². The van der Waals surface area contributed by atoms with Crippen LogP contribution in [0.4, 0.5) is 0 Å². The van der Waals surface area contributed by atoms with E-state index in [4.69, 9.17) is 0 Å². The molecule has 0 N–H and O–H groups in total. The highest BCUT2D eigenvalue weighted by molar-refractivity contribution is 6.20. The standard InChI is InChI=1S/C15H12N4/c1-9-18-14-10-5-3-7-16-12(10)13-11(6-4-8-17-13)15(14)19(9)2/h3-8H,1-2H3. The largest absolute Gasteiger partial charge is 0.331 e. The second-order valence-corrected chi connectivity index (χ2v) is 4.71. The molecule has 3 aromatic heterocycles. The van der Waals surface area contributed by atoms with Gasteiger partial charge in [-0.1, -0.05) is 0 Å². The number of fused-ring (bicyclic) bond motifs is 6. The number of pyridine rings is 2. The number of nitrogens with zero attached hydrogens (tertiary/aromatic N) is 4. The molecule has 0 saturated heterocycles. The smallest absolute Gasteiger partial charge is 0.106 e. The average molecular weight is 248 g/mol. The Labute approximate surface area is 109 Å². The van der Waals surface area contributed by atoms with Gasteiger partial charge < -0.3 is 4.57 Å². The lowest BCUT2D eigenvalue weighted by Gasteiger charge is -2.05. The molecule has 1 aromatic carbocycles. The van der Waals surface area contributed by atoms with E-state index in [0.717, 1.165) is 38.7 Å². The third-order valence-corrected chi connectivity index (χ3v) is 3.67. The molecule has 0 aliphatic rings. The molecule has 4 rings (SSSR count). The van der Waals surface area contributed by atoms with Crippen LogP contribution in [0.1, 0.15) is 5.82 Å². The number of imidazole rings is 1. The number of hydrogen-bond acceptors (Lipinski definition) is 3. The summed E-state index contributed by atoms with van der Waals surface area (Å²) in [5.41, 5.74) is 3.99. The summed E-state index contributed by atoms with van der Waals surface area (Å²) in [6.45, 7) is 2.02. The number of rotatable bonds is 0. The predicted molar refractivity (Wildman–Crippen MR) is 76.1 cm³/mol. The summed E-state index contributed by atoms with van der Waals surface area (Å²) in [7, 11) is 2.04. The molecular weight excluding hydrogens is 236 g/mol. The minimum absolute atomic E-state index is 0.920. The summed E-state index contributed by atoms with van der Waals surface area (Å²) in [5.74, 6) is 0.997. The molecule has 0 unspecified atom stereocenters. The molecule has 0 atom stereocenters. The van der Waals surface area contributed by atoms with E-state index in [0.29, 0.717) is 0 Å². The lowest BCUT2D eigenvalue weighted by molar-refractivity contribution is 0.888. The molecular formula is C15H12N4. The zero-order valence-electron chi connectivity index (χ0n) is 10.8. The van der Waals surface area contributed by atoms with Crippen LogP contribution in [0.15, 0.2) is 36.7 Å². The van der Waals surface area contributed by atoms with Gasteiger partial charge in [-0.05, 0) is 31.2 Å². The lowest BCUT2D eigenvalue weighted by atomic mass is 10.1.